The molecular formula is C20H16N2O4. The number of amides is 1. The highest BCUT2D eigenvalue weighted by molar-refractivity contribution is 5.89. The van der Waals surface area contributed by atoms with Crippen molar-refractivity contribution in [1.82, 2.24) is 5.43 Å². The van der Waals surface area contributed by atoms with Crippen LogP contribution in [0.25, 0.3) is 11.3 Å². The van der Waals surface area contributed by atoms with Crippen LogP contribution in [0.3, 0.4) is 0 Å². The highest BCUT2D eigenvalue weighted by atomic mass is 16.4. The molecule has 0 radical (unpaired) electrons. The maximum atomic E-state index is 11.8. The van der Waals surface area contributed by atoms with Crippen LogP contribution in [-0.4, -0.2) is 23.2 Å². The third-order valence-electron chi connectivity index (χ3n) is 3.61. The largest absolute Gasteiger partial charge is 0.478 e. The van der Waals surface area contributed by atoms with Crippen molar-refractivity contribution in [3.05, 3.63) is 83.6 Å². The smallest absolute Gasteiger partial charge is 0.335 e. The zero-order chi connectivity index (χ0) is 18.4. The SMILES string of the molecule is O=C(Cc1ccccc1)N/N=C/c1ccc(-c2cccc(C(=O)O)c2)o1. The molecule has 1 heterocycles. The minimum Gasteiger partial charge on any atom is -0.478 e. The van der Waals surface area contributed by atoms with Gasteiger partial charge in [0.15, 0.2) is 0 Å². The number of nitrogens with zero attached hydrogens (tertiary/aromatic N) is 1. The summed E-state index contributed by atoms with van der Waals surface area (Å²) >= 11 is 0. The third kappa shape index (κ3) is 4.45. The van der Waals surface area contributed by atoms with E-state index in [4.69, 9.17) is 9.52 Å². The number of hydrazone groups is 1. The van der Waals surface area contributed by atoms with Crippen LogP contribution in [-0.2, 0) is 11.2 Å². The summed E-state index contributed by atoms with van der Waals surface area (Å²) in [6.07, 6.45) is 1.64. The van der Waals surface area contributed by atoms with Gasteiger partial charge < -0.3 is 9.52 Å². The zero-order valence-corrected chi connectivity index (χ0v) is 13.8. The molecule has 0 atom stereocenters. The molecule has 0 bridgehead atoms. The lowest BCUT2D eigenvalue weighted by Crippen LogP contribution is -2.19. The van der Waals surface area contributed by atoms with E-state index in [9.17, 15) is 9.59 Å². The lowest BCUT2D eigenvalue weighted by molar-refractivity contribution is -0.120. The topological polar surface area (TPSA) is 91.9 Å². The maximum absolute atomic E-state index is 11.8. The summed E-state index contributed by atoms with van der Waals surface area (Å²) in [7, 11) is 0. The quantitative estimate of drug-likeness (QED) is 0.528. The van der Waals surface area contributed by atoms with Crippen molar-refractivity contribution in [3.8, 4) is 11.3 Å². The number of furan rings is 1. The fourth-order valence-electron chi connectivity index (χ4n) is 2.37. The van der Waals surface area contributed by atoms with Crippen LogP contribution >= 0.6 is 0 Å². The van der Waals surface area contributed by atoms with Gasteiger partial charge in [-0.1, -0.05) is 42.5 Å². The Kier molecular flexibility index (Phi) is 5.24. The highest BCUT2D eigenvalue weighted by Crippen LogP contribution is 2.22. The summed E-state index contributed by atoms with van der Waals surface area (Å²) in [6.45, 7) is 0. The third-order valence-corrected chi connectivity index (χ3v) is 3.61. The van der Waals surface area contributed by atoms with E-state index in [1.54, 1.807) is 24.3 Å². The summed E-state index contributed by atoms with van der Waals surface area (Å²) in [5, 5.41) is 12.9. The number of hydrogen-bond donors (Lipinski definition) is 2. The van der Waals surface area contributed by atoms with E-state index in [-0.39, 0.29) is 17.9 Å². The van der Waals surface area contributed by atoms with Gasteiger partial charge in [0.25, 0.3) is 0 Å². The van der Waals surface area contributed by atoms with Gasteiger partial charge in [0.2, 0.25) is 5.91 Å². The Morgan fingerprint density at radius 2 is 1.85 bits per heavy atom. The van der Waals surface area contributed by atoms with E-state index >= 15 is 0 Å². The number of carbonyl (C=O) groups is 2. The number of benzene rings is 2. The molecule has 0 unspecified atom stereocenters. The molecule has 0 saturated heterocycles. The number of carbonyl (C=O) groups excluding carboxylic acids is 1. The van der Waals surface area contributed by atoms with Gasteiger partial charge in [0.1, 0.15) is 11.5 Å². The molecule has 3 aromatic rings. The second-order valence-electron chi connectivity index (χ2n) is 5.54. The molecular weight excluding hydrogens is 332 g/mol. The first-order valence-electron chi connectivity index (χ1n) is 7.91. The van der Waals surface area contributed by atoms with Gasteiger partial charge in [-0.25, -0.2) is 10.2 Å². The zero-order valence-electron chi connectivity index (χ0n) is 13.8. The molecule has 6 heteroatoms. The highest BCUT2D eigenvalue weighted by Gasteiger charge is 2.08. The van der Waals surface area contributed by atoms with Crippen LogP contribution in [0.4, 0.5) is 0 Å². The predicted molar refractivity (Wildman–Crippen MR) is 97.0 cm³/mol. The molecule has 1 amide bonds. The van der Waals surface area contributed by atoms with Crippen LogP contribution in [0, 0.1) is 0 Å². The van der Waals surface area contributed by atoms with Crippen molar-refractivity contribution >= 4 is 18.1 Å². The molecule has 0 aliphatic carbocycles. The minimum absolute atomic E-state index is 0.183. The van der Waals surface area contributed by atoms with Crippen molar-refractivity contribution < 1.29 is 19.1 Å². The Labute approximate surface area is 149 Å². The van der Waals surface area contributed by atoms with Gasteiger partial charge in [0, 0.05) is 5.56 Å². The van der Waals surface area contributed by atoms with Crippen molar-refractivity contribution in [2.45, 2.75) is 6.42 Å². The first-order chi connectivity index (χ1) is 12.6. The van der Waals surface area contributed by atoms with E-state index in [0.29, 0.717) is 17.1 Å². The number of aromatic carboxylic acids is 1. The van der Waals surface area contributed by atoms with Gasteiger partial charge >= 0.3 is 5.97 Å². The first-order valence-corrected chi connectivity index (χ1v) is 7.91. The maximum Gasteiger partial charge on any atom is 0.335 e. The number of carboxylic acid groups (broad SMARTS) is 1. The van der Waals surface area contributed by atoms with Gasteiger partial charge in [0.05, 0.1) is 18.2 Å². The number of nitrogens with one attached hydrogen (secondary N) is 1. The second-order valence-corrected chi connectivity index (χ2v) is 5.54. The van der Waals surface area contributed by atoms with Gasteiger partial charge in [-0.15, -0.1) is 0 Å². The van der Waals surface area contributed by atoms with Gasteiger partial charge in [-0.3, -0.25) is 4.79 Å². The normalized spacial score (nSPS) is 10.8. The molecule has 130 valence electrons. The van der Waals surface area contributed by atoms with E-state index in [0.717, 1.165) is 5.56 Å². The van der Waals surface area contributed by atoms with Crippen molar-refractivity contribution in [3.63, 3.8) is 0 Å². The molecule has 1 aromatic heterocycles. The lowest BCUT2D eigenvalue weighted by atomic mass is 10.1. The molecule has 0 fully saturated rings. The average Bonchev–Trinajstić information content (AvgIpc) is 3.11. The molecule has 2 aromatic carbocycles. The van der Waals surface area contributed by atoms with Crippen LogP contribution in [0.1, 0.15) is 21.7 Å². The van der Waals surface area contributed by atoms with Crippen molar-refractivity contribution in [2.24, 2.45) is 5.10 Å². The second kappa shape index (κ2) is 7.94. The Morgan fingerprint density at radius 3 is 2.62 bits per heavy atom. The number of rotatable bonds is 6. The predicted octanol–water partition coefficient (Wildman–Crippen LogP) is 3.34. The number of carboxylic acids is 1. The minimum atomic E-state index is -0.999. The fraction of sp³-hybridized carbons (Fsp3) is 0.0500. The molecule has 0 aliphatic heterocycles. The Balaban J connectivity index is 1.61. The van der Waals surface area contributed by atoms with Crippen LogP contribution in [0.15, 0.2) is 76.2 Å². The van der Waals surface area contributed by atoms with E-state index in [1.807, 2.05) is 30.3 Å². The Bertz CT molecular complexity index is 945. The monoisotopic (exact) mass is 348 g/mol. The summed E-state index contributed by atoms with van der Waals surface area (Å²) < 4.78 is 5.61. The van der Waals surface area contributed by atoms with Gasteiger partial charge in [-0.2, -0.15) is 5.10 Å². The number of hydrogen-bond acceptors (Lipinski definition) is 4. The average molecular weight is 348 g/mol. The molecule has 2 N–H and O–H groups in total. The fourth-order valence-corrected chi connectivity index (χ4v) is 2.37. The Morgan fingerprint density at radius 1 is 1.04 bits per heavy atom. The van der Waals surface area contributed by atoms with Crippen molar-refractivity contribution in [2.75, 3.05) is 0 Å². The van der Waals surface area contributed by atoms with Crippen LogP contribution < -0.4 is 5.43 Å². The Hall–Kier alpha value is -3.67. The van der Waals surface area contributed by atoms with E-state index < -0.39 is 5.97 Å². The van der Waals surface area contributed by atoms with Gasteiger partial charge in [-0.05, 0) is 29.8 Å². The molecule has 6 nitrogen and oxygen atoms in total. The van der Waals surface area contributed by atoms with Crippen LogP contribution in [0.5, 0.6) is 0 Å². The summed E-state index contributed by atoms with van der Waals surface area (Å²) in [5.41, 5.74) is 4.18. The molecule has 0 saturated carbocycles. The van der Waals surface area contributed by atoms with Crippen molar-refractivity contribution in [1.29, 1.82) is 0 Å². The van der Waals surface area contributed by atoms with E-state index in [1.165, 1.54) is 18.3 Å². The lowest BCUT2D eigenvalue weighted by Gasteiger charge is -2.00. The summed E-state index contributed by atoms with van der Waals surface area (Å²) in [5.74, 6) is -0.263. The van der Waals surface area contributed by atoms with E-state index in [2.05, 4.69) is 10.5 Å². The molecule has 0 spiro atoms. The molecule has 0 aliphatic rings. The summed E-state index contributed by atoms with van der Waals surface area (Å²) in [6, 6.07) is 19.2. The van der Waals surface area contributed by atoms with Crippen LogP contribution in [0.2, 0.25) is 0 Å². The summed E-state index contributed by atoms with van der Waals surface area (Å²) in [4.78, 5) is 22.9. The molecule has 3 rings (SSSR count). The molecule has 26 heavy (non-hydrogen) atoms. The first kappa shape index (κ1) is 17.2. The standard InChI is InChI=1S/C20H16N2O4/c23-19(11-14-5-2-1-3-6-14)22-21-13-17-9-10-18(26-17)15-7-4-8-16(12-15)20(24)25/h1-10,12-13H,11H2,(H,22,23)(H,24,25)/b21-13+.